The summed E-state index contributed by atoms with van der Waals surface area (Å²) in [5, 5.41) is 0. The highest BCUT2D eigenvalue weighted by atomic mass is 32.1. The largest absolute Gasteiger partial charge is 0.341 e. The van der Waals surface area contributed by atoms with Crippen molar-refractivity contribution < 1.29 is 0 Å². The van der Waals surface area contributed by atoms with Crippen molar-refractivity contribution in [3.05, 3.63) is 29.0 Å². The Morgan fingerprint density at radius 2 is 2.29 bits per heavy atom. The van der Waals surface area contributed by atoms with Crippen LogP contribution in [0.3, 0.4) is 0 Å². The number of nitrogens with one attached hydrogen (secondary N) is 1. The van der Waals surface area contributed by atoms with Gasteiger partial charge in [-0.2, -0.15) is 0 Å². The lowest BCUT2D eigenvalue weighted by Gasteiger charge is -2.01. The van der Waals surface area contributed by atoms with E-state index in [1.54, 1.807) is 0 Å². The Labute approximate surface area is 106 Å². The molecule has 3 nitrogen and oxygen atoms in total. The van der Waals surface area contributed by atoms with Crippen molar-refractivity contribution in [2.75, 3.05) is 0 Å². The first-order valence-electron chi connectivity index (χ1n) is 6.07. The third kappa shape index (κ3) is 3.17. The van der Waals surface area contributed by atoms with E-state index < -0.39 is 0 Å². The summed E-state index contributed by atoms with van der Waals surface area (Å²) in [6.45, 7) is 4.20. The van der Waals surface area contributed by atoms with Gasteiger partial charge in [-0.1, -0.05) is 6.92 Å². The highest BCUT2D eigenvalue weighted by molar-refractivity contribution is 7.15. The average Bonchev–Trinajstić information content (AvgIpc) is 2.94. The first-order valence-corrected chi connectivity index (χ1v) is 6.89. The molecule has 0 aliphatic rings. The smallest absolute Gasteiger partial charge is 0.106 e. The molecule has 0 aromatic carbocycles. The van der Waals surface area contributed by atoms with Crippen LogP contribution in [0.2, 0.25) is 0 Å². The van der Waals surface area contributed by atoms with E-state index in [0.717, 1.165) is 30.8 Å². The molecule has 4 heteroatoms. The standard InChI is InChI=1S/C13H19N3S/c1-3-10-5-6-12(17-10)11-8-15-13(16-11)7-4-9(2)14/h5-6,8-9H,3-4,7,14H2,1-2H3,(H,15,16). The van der Waals surface area contributed by atoms with Crippen molar-refractivity contribution >= 4 is 11.3 Å². The van der Waals surface area contributed by atoms with Crippen molar-refractivity contribution in [1.29, 1.82) is 0 Å². The lowest BCUT2D eigenvalue weighted by Crippen LogP contribution is -2.15. The molecule has 1 unspecified atom stereocenters. The van der Waals surface area contributed by atoms with Gasteiger partial charge in [-0.05, 0) is 31.9 Å². The van der Waals surface area contributed by atoms with Gasteiger partial charge in [-0.15, -0.1) is 11.3 Å². The maximum absolute atomic E-state index is 5.74. The summed E-state index contributed by atoms with van der Waals surface area (Å²) in [4.78, 5) is 10.4. The van der Waals surface area contributed by atoms with Gasteiger partial charge in [-0.25, -0.2) is 4.98 Å². The fraction of sp³-hybridized carbons (Fsp3) is 0.462. The van der Waals surface area contributed by atoms with E-state index in [4.69, 9.17) is 5.73 Å². The lowest BCUT2D eigenvalue weighted by atomic mass is 10.2. The van der Waals surface area contributed by atoms with Crippen LogP contribution < -0.4 is 5.73 Å². The van der Waals surface area contributed by atoms with Gasteiger partial charge in [0, 0.05) is 17.3 Å². The fourth-order valence-electron chi connectivity index (χ4n) is 1.69. The molecule has 1 atom stereocenters. The van der Waals surface area contributed by atoms with E-state index in [-0.39, 0.29) is 6.04 Å². The zero-order valence-electron chi connectivity index (χ0n) is 10.4. The van der Waals surface area contributed by atoms with E-state index in [9.17, 15) is 0 Å². The number of nitrogens with two attached hydrogens (primary N) is 1. The molecule has 92 valence electrons. The predicted molar refractivity (Wildman–Crippen MR) is 73.2 cm³/mol. The number of thiophene rings is 1. The second-order valence-corrected chi connectivity index (χ2v) is 5.55. The zero-order valence-corrected chi connectivity index (χ0v) is 11.2. The molecule has 2 aromatic heterocycles. The Bertz CT molecular complexity index is 470. The van der Waals surface area contributed by atoms with E-state index in [1.165, 1.54) is 9.75 Å². The normalized spacial score (nSPS) is 12.9. The van der Waals surface area contributed by atoms with E-state index >= 15 is 0 Å². The first kappa shape index (κ1) is 12.3. The minimum atomic E-state index is 0.233. The number of aromatic amines is 1. The quantitative estimate of drug-likeness (QED) is 0.856. The molecule has 0 bridgehead atoms. The molecule has 17 heavy (non-hydrogen) atoms. The Kier molecular flexibility index (Phi) is 3.97. The summed E-state index contributed by atoms with van der Waals surface area (Å²) in [5.74, 6) is 1.03. The summed E-state index contributed by atoms with van der Waals surface area (Å²) < 4.78 is 0. The molecule has 0 aliphatic heterocycles. The summed E-state index contributed by atoms with van der Waals surface area (Å²) in [5.41, 5.74) is 6.86. The van der Waals surface area contributed by atoms with Crippen LogP contribution in [-0.2, 0) is 12.8 Å². The van der Waals surface area contributed by atoms with Crippen molar-refractivity contribution in [1.82, 2.24) is 9.97 Å². The van der Waals surface area contributed by atoms with Crippen LogP contribution in [0.4, 0.5) is 0 Å². The molecule has 0 saturated heterocycles. The number of imidazole rings is 1. The van der Waals surface area contributed by atoms with Crippen LogP contribution in [-0.4, -0.2) is 16.0 Å². The minimum absolute atomic E-state index is 0.233. The van der Waals surface area contributed by atoms with Crippen LogP contribution in [0.1, 0.15) is 31.0 Å². The van der Waals surface area contributed by atoms with Gasteiger partial charge in [0.1, 0.15) is 5.82 Å². The third-order valence-corrected chi connectivity index (χ3v) is 4.00. The topological polar surface area (TPSA) is 54.7 Å². The Hall–Kier alpha value is -1.13. The number of hydrogen-bond donors (Lipinski definition) is 2. The number of nitrogens with zero attached hydrogens (tertiary/aromatic N) is 1. The zero-order chi connectivity index (χ0) is 12.3. The van der Waals surface area contributed by atoms with Crippen molar-refractivity contribution in [3.8, 4) is 10.6 Å². The molecule has 0 spiro atoms. The summed E-state index contributed by atoms with van der Waals surface area (Å²) in [6.07, 6.45) is 4.90. The van der Waals surface area contributed by atoms with Crippen molar-refractivity contribution in [2.24, 2.45) is 5.73 Å². The molecule has 0 amide bonds. The molecule has 3 N–H and O–H groups in total. The second kappa shape index (κ2) is 5.47. The summed E-state index contributed by atoms with van der Waals surface area (Å²) >= 11 is 1.83. The van der Waals surface area contributed by atoms with Crippen LogP contribution in [0, 0.1) is 0 Å². The summed E-state index contributed by atoms with van der Waals surface area (Å²) in [6, 6.07) is 4.58. The van der Waals surface area contributed by atoms with Gasteiger partial charge in [0.2, 0.25) is 0 Å². The van der Waals surface area contributed by atoms with Gasteiger partial charge < -0.3 is 10.7 Å². The summed E-state index contributed by atoms with van der Waals surface area (Å²) in [7, 11) is 0. The van der Waals surface area contributed by atoms with Crippen molar-refractivity contribution in [2.45, 2.75) is 39.2 Å². The lowest BCUT2D eigenvalue weighted by molar-refractivity contribution is 0.652. The SMILES string of the molecule is CCc1ccc(-c2cnc(CCC(C)N)[nH]2)s1. The molecular formula is C13H19N3S. The first-order chi connectivity index (χ1) is 8.19. The van der Waals surface area contributed by atoms with Crippen LogP contribution >= 0.6 is 11.3 Å². The highest BCUT2D eigenvalue weighted by Gasteiger charge is 2.06. The molecule has 2 heterocycles. The molecule has 0 fully saturated rings. The van der Waals surface area contributed by atoms with E-state index in [1.807, 2.05) is 24.5 Å². The van der Waals surface area contributed by atoms with Gasteiger partial charge in [-0.3, -0.25) is 0 Å². The number of rotatable bonds is 5. The number of H-pyrrole nitrogens is 1. The Morgan fingerprint density at radius 1 is 1.47 bits per heavy atom. The molecule has 0 saturated carbocycles. The third-order valence-electron chi connectivity index (χ3n) is 2.74. The van der Waals surface area contributed by atoms with Crippen LogP contribution in [0.5, 0.6) is 0 Å². The van der Waals surface area contributed by atoms with Crippen molar-refractivity contribution in [3.63, 3.8) is 0 Å². The maximum Gasteiger partial charge on any atom is 0.106 e. The minimum Gasteiger partial charge on any atom is -0.341 e. The molecular weight excluding hydrogens is 230 g/mol. The molecule has 0 radical (unpaired) electrons. The Balaban J connectivity index is 2.07. The highest BCUT2D eigenvalue weighted by Crippen LogP contribution is 2.27. The molecule has 2 rings (SSSR count). The number of hydrogen-bond acceptors (Lipinski definition) is 3. The molecule has 2 aromatic rings. The van der Waals surface area contributed by atoms with Gasteiger partial charge in [0.25, 0.3) is 0 Å². The predicted octanol–water partition coefficient (Wildman–Crippen LogP) is 2.98. The fourth-order valence-corrected chi connectivity index (χ4v) is 2.60. The number of aromatic nitrogens is 2. The molecule has 0 aliphatic carbocycles. The van der Waals surface area contributed by atoms with Gasteiger partial charge in [0.05, 0.1) is 16.8 Å². The van der Waals surface area contributed by atoms with Crippen LogP contribution in [0.25, 0.3) is 10.6 Å². The van der Waals surface area contributed by atoms with Crippen LogP contribution in [0.15, 0.2) is 18.3 Å². The average molecular weight is 249 g/mol. The Morgan fingerprint density at radius 3 is 2.94 bits per heavy atom. The van der Waals surface area contributed by atoms with Gasteiger partial charge in [0.15, 0.2) is 0 Å². The second-order valence-electron chi connectivity index (χ2n) is 4.38. The number of aryl methyl sites for hydroxylation is 2. The maximum atomic E-state index is 5.74. The monoisotopic (exact) mass is 249 g/mol. The van der Waals surface area contributed by atoms with E-state index in [2.05, 4.69) is 29.0 Å². The van der Waals surface area contributed by atoms with E-state index in [0.29, 0.717) is 0 Å². The van der Waals surface area contributed by atoms with Gasteiger partial charge >= 0.3 is 0 Å².